The van der Waals surface area contributed by atoms with Crippen LogP contribution in [0.2, 0.25) is 0 Å². The van der Waals surface area contributed by atoms with Crippen LogP contribution in [-0.2, 0) is 22.4 Å². The molecular weight excluding hydrogens is 420 g/mol. The third kappa shape index (κ3) is 7.29. The number of aryl methyl sites for hydroxylation is 2. The summed E-state index contributed by atoms with van der Waals surface area (Å²) in [6.07, 6.45) is 5.96. The van der Waals surface area contributed by atoms with Crippen LogP contribution in [0.5, 0.6) is 11.5 Å². The van der Waals surface area contributed by atoms with E-state index in [1.807, 2.05) is 30.3 Å². The fourth-order valence-corrected chi connectivity index (χ4v) is 3.74. The second-order valence-electron chi connectivity index (χ2n) is 8.40. The lowest BCUT2D eigenvalue weighted by Gasteiger charge is -2.32. The number of unbranched alkanes of at least 4 members (excludes halogenated alkanes) is 1. The second-order valence-corrected chi connectivity index (χ2v) is 8.40. The van der Waals surface area contributed by atoms with Gasteiger partial charge in [-0.15, -0.1) is 0 Å². The van der Waals surface area contributed by atoms with Gasteiger partial charge in [0.25, 0.3) is 5.91 Å². The summed E-state index contributed by atoms with van der Waals surface area (Å²) in [7, 11) is 1.59. The Morgan fingerprint density at radius 1 is 1.15 bits per heavy atom. The minimum absolute atomic E-state index is 0.0854. The van der Waals surface area contributed by atoms with Gasteiger partial charge in [0.05, 0.1) is 20.3 Å². The van der Waals surface area contributed by atoms with Crippen molar-refractivity contribution in [3.63, 3.8) is 0 Å². The predicted molar refractivity (Wildman–Crippen MR) is 126 cm³/mol. The highest BCUT2D eigenvalue weighted by molar-refractivity contribution is 5.92. The molecule has 178 valence electrons. The van der Waals surface area contributed by atoms with Crippen LogP contribution < -0.4 is 9.47 Å². The fraction of sp³-hybridized carbons (Fsp3) is 0.500. The van der Waals surface area contributed by atoms with Gasteiger partial charge in [-0.25, -0.2) is 0 Å². The lowest BCUT2D eigenvalue weighted by atomic mass is 10.1. The number of carbonyl (C=O) groups is 2. The van der Waals surface area contributed by atoms with Crippen LogP contribution in [0.25, 0.3) is 0 Å². The van der Waals surface area contributed by atoms with E-state index in [-0.39, 0.29) is 17.8 Å². The van der Waals surface area contributed by atoms with Crippen molar-refractivity contribution in [2.45, 2.75) is 52.1 Å². The molecule has 0 spiro atoms. The average molecular weight is 455 g/mol. The first-order valence-electron chi connectivity index (χ1n) is 11.6. The van der Waals surface area contributed by atoms with Crippen molar-refractivity contribution in [2.75, 3.05) is 33.4 Å². The molecule has 33 heavy (non-hydrogen) atoms. The largest absolute Gasteiger partial charge is 0.493 e. The molecule has 1 fully saturated rings. The van der Waals surface area contributed by atoms with Gasteiger partial charge in [0, 0.05) is 19.2 Å². The van der Waals surface area contributed by atoms with Crippen molar-refractivity contribution in [3.8, 4) is 11.5 Å². The zero-order valence-electron chi connectivity index (χ0n) is 19.8. The first kappa shape index (κ1) is 24.7. The summed E-state index contributed by atoms with van der Waals surface area (Å²) >= 11 is 0. The third-order valence-corrected chi connectivity index (χ3v) is 5.71. The van der Waals surface area contributed by atoms with Crippen molar-refractivity contribution < 1.29 is 23.8 Å². The van der Waals surface area contributed by atoms with Gasteiger partial charge in [0.1, 0.15) is 24.2 Å². The topological polar surface area (TPSA) is 78.0 Å². The molecule has 0 bridgehead atoms. The maximum absolute atomic E-state index is 12.9. The molecule has 7 nitrogen and oxygen atoms in total. The molecule has 7 heteroatoms. The van der Waals surface area contributed by atoms with Gasteiger partial charge < -0.3 is 23.9 Å². The van der Waals surface area contributed by atoms with Crippen LogP contribution in [0.3, 0.4) is 0 Å². The predicted octanol–water partition coefficient (Wildman–Crippen LogP) is 3.87. The van der Waals surface area contributed by atoms with Gasteiger partial charge >= 0.3 is 0 Å². The molecule has 1 aromatic carbocycles. The van der Waals surface area contributed by atoms with E-state index in [2.05, 4.69) is 11.9 Å². The Balaban J connectivity index is 1.55. The number of benzene rings is 1. The number of hydrogen-bond acceptors (Lipinski definition) is 6. The molecule has 1 saturated heterocycles. The van der Waals surface area contributed by atoms with Crippen molar-refractivity contribution in [1.82, 2.24) is 9.88 Å². The number of Topliss-reactive ketones (excluding diaryl/α,β-unsaturated/α-hetero) is 1. The highest BCUT2D eigenvalue weighted by Crippen LogP contribution is 2.29. The van der Waals surface area contributed by atoms with Crippen molar-refractivity contribution >= 4 is 11.7 Å². The summed E-state index contributed by atoms with van der Waals surface area (Å²) in [6, 6.07) is 9.49. The number of aromatic nitrogens is 1. The van der Waals surface area contributed by atoms with Gasteiger partial charge in [-0.05, 0) is 55.5 Å². The number of methoxy groups -OCH3 is 1. The molecule has 1 amide bonds. The van der Waals surface area contributed by atoms with Crippen LogP contribution in [0.4, 0.5) is 0 Å². The minimum atomic E-state index is -0.242. The fourth-order valence-electron chi connectivity index (χ4n) is 3.74. The van der Waals surface area contributed by atoms with Crippen LogP contribution in [0.15, 0.2) is 36.5 Å². The minimum Gasteiger partial charge on any atom is -0.493 e. The zero-order valence-corrected chi connectivity index (χ0v) is 19.8. The van der Waals surface area contributed by atoms with Gasteiger partial charge in [-0.3, -0.25) is 9.78 Å². The van der Waals surface area contributed by atoms with E-state index >= 15 is 0 Å². The summed E-state index contributed by atoms with van der Waals surface area (Å²) in [5.41, 5.74) is 2.64. The van der Waals surface area contributed by atoms with E-state index in [0.717, 1.165) is 30.4 Å². The Bertz CT molecular complexity index is 929. The smallest absolute Gasteiger partial charge is 0.272 e. The molecule has 2 heterocycles. The number of hydrogen-bond donors (Lipinski definition) is 0. The van der Waals surface area contributed by atoms with Crippen molar-refractivity contribution in [3.05, 3.63) is 53.3 Å². The number of ether oxygens (including phenoxy) is 3. The van der Waals surface area contributed by atoms with Crippen LogP contribution >= 0.6 is 0 Å². The normalized spacial score (nSPS) is 15.8. The molecule has 0 radical (unpaired) electrons. The summed E-state index contributed by atoms with van der Waals surface area (Å²) < 4.78 is 17.2. The van der Waals surface area contributed by atoms with Crippen LogP contribution in [0, 0.1) is 0 Å². The number of amides is 1. The van der Waals surface area contributed by atoms with Gasteiger partial charge in [-0.1, -0.05) is 25.5 Å². The molecule has 1 atom stereocenters. The summed E-state index contributed by atoms with van der Waals surface area (Å²) in [6.45, 7) is 5.48. The SMILES string of the molecule is CCCCc1ccc(C(=O)N2CCOC(COc3ccc(CCC(C)=O)cc3OC)C2)nc1. The van der Waals surface area contributed by atoms with Gasteiger partial charge in [0.2, 0.25) is 0 Å². The lowest BCUT2D eigenvalue weighted by molar-refractivity contribution is -0.116. The van der Waals surface area contributed by atoms with E-state index < -0.39 is 0 Å². The standard InChI is InChI=1S/C26H34N2O5/c1-4-5-6-21-9-11-23(27-16-21)26(30)28-13-14-32-22(17-28)18-33-24-12-10-20(8-7-19(2)29)15-25(24)31-3/h9-12,15-16,22H,4-8,13-14,17-18H2,1-3H3. The number of morpholine rings is 1. The Morgan fingerprint density at radius 3 is 2.67 bits per heavy atom. The Morgan fingerprint density at radius 2 is 1.97 bits per heavy atom. The van der Waals surface area contributed by atoms with E-state index in [9.17, 15) is 9.59 Å². The van der Waals surface area contributed by atoms with Gasteiger partial charge in [0.15, 0.2) is 11.5 Å². The number of carbonyl (C=O) groups excluding carboxylic acids is 2. The van der Waals surface area contributed by atoms with E-state index in [1.54, 1.807) is 25.1 Å². The Labute approximate surface area is 196 Å². The molecule has 0 aliphatic carbocycles. The third-order valence-electron chi connectivity index (χ3n) is 5.71. The first-order chi connectivity index (χ1) is 16.0. The van der Waals surface area contributed by atoms with E-state index in [4.69, 9.17) is 14.2 Å². The molecule has 2 aromatic rings. The lowest BCUT2D eigenvalue weighted by Crippen LogP contribution is -2.47. The Kier molecular flexibility index (Phi) is 9.24. The highest BCUT2D eigenvalue weighted by atomic mass is 16.5. The summed E-state index contributed by atoms with van der Waals surface area (Å²) in [5, 5.41) is 0. The van der Waals surface area contributed by atoms with E-state index in [1.165, 1.54) is 0 Å². The number of nitrogens with zero attached hydrogens (tertiary/aromatic N) is 2. The molecule has 3 rings (SSSR count). The first-order valence-corrected chi connectivity index (χ1v) is 11.6. The second kappa shape index (κ2) is 12.3. The molecule has 1 aromatic heterocycles. The number of rotatable bonds is 11. The van der Waals surface area contributed by atoms with Crippen LogP contribution in [0.1, 0.15) is 54.7 Å². The average Bonchev–Trinajstić information content (AvgIpc) is 2.85. The number of ketones is 1. The molecule has 0 saturated carbocycles. The maximum atomic E-state index is 12.9. The molecule has 1 aliphatic heterocycles. The molecule has 0 N–H and O–H groups in total. The van der Waals surface area contributed by atoms with Crippen molar-refractivity contribution in [2.24, 2.45) is 0 Å². The summed E-state index contributed by atoms with van der Waals surface area (Å²) in [5.74, 6) is 1.30. The molecule has 1 unspecified atom stereocenters. The highest BCUT2D eigenvalue weighted by Gasteiger charge is 2.26. The summed E-state index contributed by atoms with van der Waals surface area (Å²) in [4.78, 5) is 30.3. The van der Waals surface area contributed by atoms with Crippen LogP contribution in [-0.4, -0.2) is 61.1 Å². The maximum Gasteiger partial charge on any atom is 0.272 e. The van der Waals surface area contributed by atoms with Gasteiger partial charge in [-0.2, -0.15) is 0 Å². The van der Waals surface area contributed by atoms with E-state index in [0.29, 0.717) is 56.3 Å². The molecule has 1 aliphatic rings. The monoisotopic (exact) mass is 454 g/mol. The molecular formula is C26H34N2O5. The zero-order chi connectivity index (χ0) is 23.6. The van der Waals surface area contributed by atoms with Crippen molar-refractivity contribution in [1.29, 1.82) is 0 Å². The quantitative estimate of drug-likeness (QED) is 0.513. The Hall–Kier alpha value is -2.93. The number of pyridine rings is 1.